The monoisotopic (exact) mass is 566 g/mol. The van der Waals surface area contributed by atoms with Gasteiger partial charge in [-0.3, -0.25) is 9.10 Å². The number of hydrogen-bond acceptors (Lipinski definition) is 5. The van der Waals surface area contributed by atoms with Crippen molar-refractivity contribution in [1.29, 1.82) is 0 Å². The third-order valence-electron chi connectivity index (χ3n) is 4.68. The maximum atomic E-state index is 13.5. The van der Waals surface area contributed by atoms with Crippen molar-refractivity contribution >= 4 is 49.9 Å². The lowest BCUT2D eigenvalue weighted by molar-refractivity contribution is -0.114. The van der Waals surface area contributed by atoms with E-state index in [1.165, 1.54) is 32.4 Å². The Hall–Kier alpha value is -2.79. The fourth-order valence-corrected chi connectivity index (χ4v) is 4.77. The quantitative estimate of drug-likeness (QED) is 0.408. The fraction of sp³-hybridized carbons (Fsp3) is 0.174. The van der Waals surface area contributed by atoms with E-state index >= 15 is 0 Å². The SMILES string of the molecule is COc1ccc(N(CC(=O)Nc2ccc(I)cc2)S(=O)(=O)c2ccc(C)cc2)cc1OC. The van der Waals surface area contributed by atoms with E-state index in [-0.39, 0.29) is 10.6 Å². The Morgan fingerprint density at radius 1 is 0.938 bits per heavy atom. The average Bonchev–Trinajstić information content (AvgIpc) is 2.78. The molecule has 0 aliphatic carbocycles. The third-order valence-corrected chi connectivity index (χ3v) is 7.19. The van der Waals surface area contributed by atoms with E-state index in [4.69, 9.17) is 9.47 Å². The number of aryl methyl sites for hydroxylation is 1. The molecule has 0 saturated carbocycles. The van der Waals surface area contributed by atoms with E-state index < -0.39 is 22.5 Å². The summed E-state index contributed by atoms with van der Waals surface area (Å²) in [5.74, 6) is 0.330. The highest BCUT2D eigenvalue weighted by Crippen LogP contribution is 2.33. The number of amides is 1. The van der Waals surface area contributed by atoms with E-state index in [0.717, 1.165) is 13.4 Å². The number of nitrogens with one attached hydrogen (secondary N) is 1. The Morgan fingerprint density at radius 3 is 2.16 bits per heavy atom. The number of carbonyl (C=O) groups excluding carboxylic acids is 1. The molecule has 0 fully saturated rings. The van der Waals surface area contributed by atoms with Crippen molar-refractivity contribution in [3.05, 3.63) is 75.9 Å². The maximum Gasteiger partial charge on any atom is 0.264 e. The zero-order valence-electron chi connectivity index (χ0n) is 17.8. The second-order valence-corrected chi connectivity index (χ2v) is 10.0. The molecule has 3 rings (SSSR count). The smallest absolute Gasteiger partial charge is 0.264 e. The number of anilines is 2. The summed E-state index contributed by atoms with van der Waals surface area (Å²) < 4.78 is 39.7. The lowest BCUT2D eigenvalue weighted by atomic mass is 10.2. The summed E-state index contributed by atoms with van der Waals surface area (Å²) in [5, 5.41) is 2.75. The number of rotatable bonds is 8. The molecule has 1 N–H and O–H groups in total. The van der Waals surface area contributed by atoms with Crippen LogP contribution in [-0.4, -0.2) is 35.1 Å². The summed E-state index contributed by atoms with van der Waals surface area (Å²) in [6.45, 7) is 1.45. The molecule has 0 bridgehead atoms. The second-order valence-electron chi connectivity index (χ2n) is 6.92. The lowest BCUT2D eigenvalue weighted by Crippen LogP contribution is -2.38. The average molecular weight is 566 g/mol. The Morgan fingerprint density at radius 2 is 1.56 bits per heavy atom. The van der Waals surface area contributed by atoms with E-state index in [1.54, 1.807) is 36.4 Å². The van der Waals surface area contributed by atoms with Gasteiger partial charge in [-0.05, 0) is 78.0 Å². The van der Waals surface area contributed by atoms with Gasteiger partial charge in [-0.25, -0.2) is 8.42 Å². The van der Waals surface area contributed by atoms with Crippen LogP contribution in [0.5, 0.6) is 11.5 Å². The number of ether oxygens (including phenoxy) is 2. The number of sulfonamides is 1. The first-order chi connectivity index (χ1) is 15.2. The Balaban J connectivity index is 1.99. The number of hydrogen-bond donors (Lipinski definition) is 1. The van der Waals surface area contributed by atoms with E-state index in [2.05, 4.69) is 27.9 Å². The lowest BCUT2D eigenvalue weighted by Gasteiger charge is -2.25. The highest BCUT2D eigenvalue weighted by atomic mass is 127. The molecule has 168 valence electrons. The number of halogens is 1. The van der Waals surface area contributed by atoms with Gasteiger partial charge in [-0.2, -0.15) is 0 Å². The maximum absolute atomic E-state index is 13.5. The van der Waals surface area contributed by atoms with Crippen molar-refractivity contribution in [3.63, 3.8) is 0 Å². The largest absolute Gasteiger partial charge is 0.493 e. The molecular formula is C23H23IN2O5S. The molecule has 0 aromatic heterocycles. The molecule has 9 heteroatoms. The van der Waals surface area contributed by atoms with Crippen LogP contribution in [-0.2, 0) is 14.8 Å². The Bertz CT molecular complexity index is 1200. The standard InChI is InChI=1S/C23H23IN2O5S/c1-16-4-11-20(12-5-16)32(28,29)26(19-10-13-21(30-2)22(14-19)31-3)15-23(27)25-18-8-6-17(24)7-9-18/h4-14H,15H2,1-3H3,(H,25,27). The van der Waals surface area contributed by atoms with E-state index in [9.17, 15) is 13.2 Å². The molecule has 0 spiro atoms. The molecule has 1 amide bonds. The van der Waals surface area contributed by atoms with Gasteiger partial charge in [-0.15, -0.1) is 0 Å². The molecule has 3 aromatic carbocycles. The van der Waals surface area contributed by atoms with Gasteiger partial charge in [-0.1, -0.05) is 17.7 Å². The fourth-order valence-electron chi connectivity index (χ4n) is 3.00. The molecule has 0 radical (unpaired) electrons. The minimum Gasteiger partial charge on any atom is -0.493 e. The van der Waals surface area contributed by atoms with E-state index in [1.807, 2.05) is 19.1 Å². The van der Waals surface area contributed by atoms with Crippen LogP contribution >= 0.6 is 22.6 Å². The number of carbonyl (C=O) groups is 1. The van der Waals surface area contributed by atoms with Crippen LogP contribution in [0.2, 0.25) is 0 Å². The van der Waals surface area contributed by atoms with Crippen LogP contribution < -0.4 is 19.1 Å². The molecule has 0 atom stereocenters. The van der Waals surface area contributed by atoms with Crippen LogP contribution in [0.1, 0.15) is 5.56 Å². The van der Waals surface area contributed by atoms with Crippen molar-refractivity contribution in [1.82, 2.24) is 0 Å². The number of methoxy groups -OCH3 is 2. The summed E-state index contributed by atoms with van der Waals surface area (Å²) in [7, 11) is -1.08. The molecule has 0 saturated heterocycles. The van der Waals surface area contributed by atoms with Gasteiger partial charge in [0.25, 0.3) is 10.0 Å². The zero-order valence-corrected chi connectivity index (χ0v) is 20.8. The van der Waals surface area contributed by atoms with Gasteiger partial charge < -0.3 is 14.8 Å². The van der Waals surface area contributed by atoms with Gasteiger partial charge in [0.15, 0.2) is 11.5 Å². The summed E-state index contributed by atoms with van der Waals surface area (Å²) in [5.41, 5.74) is 1.79. The third kappa shape index (κ3) is 5.52. The Kier molecular flexibility index (Phi) is 7.62. The number of nitrogens with zero attached hydrogens (tertiary/aromatic N) is 1. The van der Waals surface area contributed by atoms with Crippen molar-refractivity contribution in [3.8, 4) is 11.5 Å². The van der Waals surface area contributed by atoms with Gasteiger partial charge in [0.2, 0.25) is 5.91 Å². The summed E-state index contributed by atoms with van der Waals surface area (Å²) >= 11 is 2.17. The van der Waals surface area contributed by atoms with Crippen molar-refractivity contribution in [2.24, 2.45) is 0 Å². The minimum absolute atomic E-state index is 0.0833. The first kappa shape index (κ1) is 23.9. The second kappa shape index (κ2) is 10.2. The minimum atomic E-state index is -4.03. The van der Waals surface area contributed by atoms with Crippen molar-refractivity contribution in [2.45, 2.75) is 11.8 Å². The highest BCUT2D eigenvalue weighted by molar-refractivity contribution is 14.1. The van der Waals surface area contributed by atoms with Crippen molar-refractivity contribution < 1.29 is 22.7 Å². The molecule has 0 unspecified atom stereocenters. The van der Waals surface area contributed by atoms with Crippen molar-refractivity contribution in [2.75, 3.05) is 30.4 Å². The van der Waals surface area contributed by atoms with Gasteiger partial charge in [0.05, 0.1) is 24.8 Å². The van der Waals surface area contributed by atoms with E-state index in [0.29, 0.717) is 17.2 Å². The Labute approximate surface area is 201 Å². The first-order valence-corrected chi connectivity index (χ1v) is 12.1. The molecule has 3 aromatic rings. The van der Waals surface area contributed by atoms with Crippen LogP contribution in [0.3, 0.4) is 0 Å². The topological polar surface area (TPSA) is 84.9 Å². The summed E-state index contributed by atoms with van der Waals surface area (Å²) in [6.07, 6.45) is 0. The molecule has 0 aliphatic heterocycles. The van der Waals surface area contributed by atoms with Crippen LogP contribution in [0.15, 0.2) is 71.6 Å². The highest BCUT2D eigenvalue weighted by Gasteiger charge is 2.28. The predicted octanol–water partition coefficient (Wildman–Crippen LogP) is 4.45. The molecule has 0 aliphatic rings. The molecular weight excluding hydrogens is 543 g/mol. The van der Waals surface area contributed by atoms with Crippen LogP contribution in [0.4, 0.5) is 11.4 Å². The summed E-state index contributed by atoms with van der Waals surface area (Å²) in [4.78, 5) is 12.9. The van der Waals surface area contributed by atoms with Crippen LogP contribution in [0, 0.1) is 10.5 Å². The molecule has 7 nitrogen and oxygen atoms in total. The first-order valence-electron chi connectivity index (χ1n) is 9.61. The van der Waals surface area contributed by atoms with Gasteiger partial charge in [0.1, 0.15) is 6.54 Å². The molecule has 32 heavy (non-hydrogen) atoms. The summed E-state index contributed by atoms with van der Waals surface area (Å²) in [6, 6.07) is 18.4. The van der Waals surface area contributed by atoms with Crippen LogP contribution in [0.25, 0.3) is 0 Å². The zero-order chi connectivity index (χ0) is 23.3. The number of benzene rings is 3. The predicted molar refractivity (Wildman–Crippen MR) is 133 cm³/mol. The molecule has 0 heterocycles. The normalized spacial score (nSPS) is 11.0. The van der Waals surface area contributed by atoms with Gasteiger partial charge in [0, 0.05) is 15.3 Å². The van der Waals surface area contributed by atoms with Gasteiger partial charge >= 0.3 is 0 Å².